The average molecular weight is 179 g/mol. The molecule has 1 heterocycles. The van der Waals surface area contributed by atoms with Crippen LogP contribution in [0, 0.1) is 6.92 Å². The summed E-state index contributed by atoms with van der Waals surface area (Å²) in [5.74, 6) is -0.235. The van der Waals surface area contributed by atoms with E-state index in [1.807, 2.05) is 0 Å². The number of aliphatic hydroxyl groups excluding tert-OH is 1. The van der Waals surface area contributed by atoms with Crippen LogP contribution in [-0.4, -0.2) is 29.1 Å². The van der Waals surface area contributed by atoms with E-state index in [-0.39, 0.29) is 19.1 Å². The Morgan fingerprint density at radius 3 is 2.92 bits per heavy atom. The molecule has 1 aromatic heterocycles. The summed E-state index contributed by atoms with van der Waals surface area (Å²) in [7, 11) is 0. The van der Waals surface area contributed by atoms with Crippen LogP contribution in [0.3, 0.4) is 0 Å². The Balaban J connectivity index is 2.61. The molecule has 4 nitrogen and oxygen atoms in total. The summed E-state index contributed by atoms with van der Waals surface area (Å²) in [6.45, 7) is 3.79. The lowest BCUT2D eigenvalue weighted by Crippen LogP contribution is -2.26. The first-order valence-corrected chi connectivity index (χ1v) is 3.91. The van der Waals surface area contributed by atoms with Gasteiger partial charge in [-0.3, -0.25) is 9.78 Å². The molecule has 1 radical (unpaired) electrons. The third kappa shape index (κ3) is 2.83. The molecular weight excluding hydrogens is 168 g/mol. The molecule has 1 amide bonds. The number of aliphatic hydroxyl groups is 1. The van der Waals surface area contributed by atoms with Gasteiger partial charge >= 0.3 is 0 Å². The maximum absolute atomic E-state index is 11.2. The van der Waals surface area contributed by atoms with Crippen molar-refractivity contribution in [1.82, 2.24) is 10.3 Å². The normalized spacial score (nSPS) is 9.69. The topological polar surface area (TPSA) is 62.2 Å². The molecule has 4 heteroatoms. The number of hydrogen-bond donors (Lipinski definition) is 2. The number of nitrogens with one attached hydrogen (secondary N) is 1. The second-order valence-corrected chi connectivity index (χ2v) is 2.52. The van der Waals surface area contributed by atoms with Gasteiger partial charge in [0.2, 0.25) is 0 Å². The van der Waals surface area contributed by atoms with Gasteiger partial charge in [0.25, 0.3) is 5.91 Å². The third-order valence-corrected chi connectivity index (χ3v) is 1.48. The monoisotopic (exact) mass is 179 g/mol. The van der Waals surface area contributed by atoms with Gasteiger partial charge in [-0.1, -0.05) is 0 Å². The molecule has 0 saturated heterocycles. The number of rotatable bonds is 3. The summed E-state index contributed by atoms with van der Waals surface area (Å²) in [6.07, 6.45) is 1.45. The van der Waals surface area contributed by atoms with Crippen LogP contribution in [0.4, 0.5) is 0 Å². The number of pyridine rings is 1. The number of carbonyl (C=O) groups is 1. The molecule has 0 unspecified atom stereocenters. The standard InChI is InChI=1S/C9H11N2O2/c1-7-2-3-8(6-11-7)9(13)10-4-5-12/h2-3,6,12H,1,4-5H2,(H,10,13). The van der Waals surface area contributed by atoms with Crippen molar-refractivity contribution in [3.63, 3.8) is 0 Å². The second-order valence-electron chi connectivity index (χ2n) is 2.52. The fourth-order valence-corrected chi connectivity index (χ4v) is 0.830. The first kappa shape index (κ1) is 9.67. The zero-order valence-corrected chi connectivity index (χ0v) is 7.16. The van der Waals surface area contributed by atoms with Crippen LogP contribution in [0.2, 0.25) is 0 Å². The van der Waals surface area contributed by atoms with Gasteiger partial charge in [0.15, 0.2) is 0 Å². The Morgan fingerprint density at radius 2 is 2.38 bits per heavy atom. The molecule has 2 N–H and O–H groups in total. The van der Waals surface area contributed by atoms with Crippen LogP contribution >= 0.6 is 0 Å². The predicted octanol–water partition coefficient (Wildman–Crippen LogP) is -0.0141. The highest BCUT2D eigenvalue weighted by atomic mass is 16.3. The van der Waals surface area contributed by atoms with Gasteiger partial charge in [-0.15, -0.1) is 0 Å². The van der Waals surface area contributed by atoms with E-state index in [2.05, 4.69) is 17.2 Å². The lowest BCUT2D eigenvalue weighted by Gasteiger charge is -2.02. The van der Waals surface area contributed by atoms with E-state index in [4.69, 9.17) is 5.11 Å². The highest BCUT2D eigenvalue weighted by Gasteiger charge is 2.03. The summed E-state index contributed by atoms with van der Waals surface area (Å²) in [6, 6.07) is 3.30. The molecule has 0 saturated carbocycles. The summed E-state index contributed by atoms with van der Waals surface area (Å²) in [5.41, 5.74) is 1.10. The SMILES string of the molecule is [CH2]c1ccc(C(=O)NCCO)cn1. The quantitative estimate of drug-likeness (QED) is 0.685. The van der Waals surface area contributed by atoms with Crippen LogP contribution in [0.15, 0.2) is 18.3 Å². The average Bonchev–Trinajstić information content (AvgIpc) is 2.15. The van der Waals surface area contributed by atoms with Crippen molar-refractivity contribution < 1.29 is 9.90 Å². The van der Waals surface area contributed by atoms with E-state index in [0.29, 0.717) is 11.3 Å². The minimum Gasteiger partial charge on any atom is -0.395 e. The predicted molar refractivity (Wildman–Crippen MR) is 48.1 cm³/mol. The second kappa shape index (κ2) is 4.57. The first-order chi connectivity index (χ1) is 6.24. The Hall–Kier alpha value is -1.42. The van der Waals surface area contributed by atoms with Crippen molar-refractivity contribution in [2.24, 2.45) is 0 Å². The van der Waals surface area contributed by atoms with Crippen LogP contribution in [0.1, 0.15) is 16.1 Å². The van der Waals surface area contributed by atoms with E-state index in [0.717, 1.165) is 0 Å². The molecule has 0 aromatic carbocycles. The molecule has 0 fully saturated rings. The van der Waals surface area contributed by atoms with Crippen LogP contribution in [-0.2, 0) is 0 Å². The summed E-state index contributed by atoms with van der Waals surface area (Å²) >= 11 is 0. The zero-order chi connectivity index (χ0) is 9.68. The smallest absolute Gasteiger partial charge is 0.252 e. The Bertz CT molecular complexity index is 282. The molecule has 13 heavy (non-hydrogen) atoms. The summed E-state index contributed by atoms with van der Waals surface area (Å²) in [5, 5.41) is 11.0. The number of amides is 1. The number of aromatic nitrogens is 1. The van der Waals surface area contributed by atoms with Gasteiger partial charge in [-0.25, -0.2) is 0 Å². The van der Waals surface area contributed by atoms with Gasteiger partial charge in [-0.2, -0.15) is 0 Å². The van der Waals surface area contributed by atoms with Gasteiger partial charge in [0.1, 0.15) is 0 Å². The largest absolute Gasteiger partial charge is 0.395 e. The fourth-order valence-electron chi connectivity index (χ4n) is 0.830. The van der Waals surface area contributed by atoms with E-state index in [1.54, 1.807) is 12.1 Å². The molecule has 0 bridgehead atoms. The van der Waals surface area contributed by atoms with Crippen molar-refractivity contribution in [3.05, 3.63) is 36.5 Å². The molecular formula is C9H11N2O2. The molecule has 0 aliphatic heterocycles. The van der Waals surface area contributed by atoms with Crippen molar-refractivity contribution in [2.75, 3.05) is 13.2 Å². The minimum absolute atomic E-state index is 0.0629. The molecule has 1 aromatic rings. The fraction of sp³-hybridized carbons (Fsp3) is 0.222. The van der Waals surface area contributed by atoms with Crippen LogP contribution < -0.4 is 5.32 Å². The van der Waals surface area contributed by atoms with Gasteiger partial charge in [-0.05, 0) is 19.1 Å². The maximum atomic E-state index is 11.2. The van der Waals surface area contributed by atoms with E-state index < -0.39 is 0 Å². The molecule has 0 aliphatic carbocycles. The third-order valence-electron chi connectivity index (χ3n) is 1.48. The van der Waals surface area contributed by atoms with E-state index in [1.165, 1.54) is 6.20 Å². The first-order valence-electron chi connectivity index (χ1n) is 3.91. The molecule has 1 rings (SSSR count). The summed E-state index contributed by atoms with van der Waals surface area (Å²) < 4.78 is 0. The Kier molecular flexibility index (Phi) is 3.40. The molecule has 69 valence electrons. The van der Waals surface area contributed by atoms with Gasteiger partial charge in [0, 0.05) is 18.4 Å². The van der Waals surface area contributed by atoms with Gasteiger partial charge in [0.05, 0.1) is 12.2 Å². The number of carbonyl (C=O) groups excluding carboxylic acids is 1. The van der Waals surface area contributed by atoms with Crippen molar-refractivity contribution in [3.8, 4) is 0 Å². The Labute approximate surface area is 76.6 Å². The maximum Gasteiger partial charge on any atom is 0.252 e. The van der Waals surface area contributed by atoms with Crippen molar-refractivity contribution >= 4 is 5.91 Å². The highest BCUT2D eigenvalue weighted by molar-refractivity contribution is 5.93. The molecule has 0 aliphatic rings. The van der Waals surface area contributed by atoms with Crippen molar-refractivity contribution in [2.45, 2.75) is 0 Å². The highest BCUT2D eigenvalue weighted by Crippen LogP contribution is 1.98. The van der Waals surface area contributed by atoms with Crippen LogP contribution in [0.25, 0.3) is 0 Å². The number of nitrogens with zero attached hydrogens (tertiary/aromatic N) is 1. The Morgan fingerprint density at radius 1 is 1.62 bits per heavy atom. The lowest BCUT2D eigenvalue weighted by molar-refractivity contribution is 0.0944. The van der Waals surface area contributed by atoms with E-state index >= 15 is 0 Å². The van der Waals surface area contributed by atoms with Crippen molar-refractivity contribution in [1.29, 1.82) is 0 Å². The zero-order valence-electron chi connectivity index (χ0n) is 7.16. The lowest BCUT2D eigenvalue weighted by atomic mass is 10.2. The number of hydrogen-bond acceptors (Lipinski definition) is 3. The molecule has 0 spiro atoms. The van der Waals surface area contributed by atoms with E-state index in [9.17, 15) is 4.79 Å². The minimum atomic E-state index is -0.235. The summed E-state index contributed by atoms with van der Waals surface area (Å²) in [4.78, 5) is 15.1. The van der Waals surface area contributed by atoms with Gasteiger partial charge < -0.3 is 10.4 Å². The van der Waals surface area contributed by atoms with Crippen LogP contribution in [0.5, 0.6) is 0 Å². The molecule has 0 atom stereocenters.